The molecule has 0 saturated heterocycles. The van der Waals surface area contributed by atoms with Gasteiger partial charge < -0.3 is 10.5 Å². The molecule has 0 aliphatic heterocycles. The first-order valence-electron chi connectivity index (χ1n) is 5.71. The van der Waals surface area contributed by atoms with Gasteiger partial charge in [0, 0.05) is 11.3 Å². The molecule has 0 fully saturated rings. The standard InChI is InChI=1S/C14H15NO2S/c15-14(8-17-10-16)12-7-13(18-9-12)6-11-4-2-1-3-5-11/h1-5,7,9-10,14H,6,8,15H2. The van der Waals surface area contributed by atoms with Crippen molar-refractivity contribution in [3.63, 3.8) is 0 Å². The molecular formula is C14H15NO2S. The van der Waals surface area contributed by atoms with E-state index in [0.717, 1.165) is 12.0 Å². The van der Waals surface area contributed by atoms with E-state index < -0.39 is 0 Å². The topological polar surface area (TPSA) is 52.3 Å². The van der Waals surface area contributed by atoms with E-state index in [2.05, 4.69) is 22.9 Å². The normalized spacial score (nSPS) is 12.1. The van der Waals surface area contributed by atoms with Crippen LogP contribution in [-0.2, 0) is 16.0 Å². The average molecular weight is 261 g/mol. The van der Waals surface area contributed by atoms with Crippen LogP contribution in [0.25, 0.3) is 0 Å². The Labute approximate surface area is 110 Å². The van der Waals surface area contributed by atoms with Gasteiger partial charge >= 0.3 is 0 Å². The zero-order chi connectivity index (χ0) is 12.8. The predicted octanol–water partition coefficient (Wildman–Crippen LogP) is 2.51. The Balaban J connectivity index is 2.00. The molecule has 0 bridgehead atoms. The predicted molar refractivity (Wildman–Crippen MR) is 72.5 cm³/mol. The number of rotatable bonds is 6. The number of nitrogens with two attached hydrogens (primary N) is 1. The van der Waals surface area contributed by atoms with E-state index in [-0.39, 0.29) is 12.6 Å². The zero-order valence-corrected chi connectivity index (χ0v) is 10.7. The van der Waals surface area contributed by atoms with Crippen molar-refractivity contribution in [2.45, 2.75) is 12.5 Å². The van der Waals surface area contributed by atoms with Crippen LogP contribution in [0.3, 0.4) is 0 Å². The summed E-state index contributed by atoms with van der Waals surface area (Å²) in [6, 6.07) is 12.1. The van der Waals surface area contributed by atoms with Gasteiger partial charge in [-0.05, 0) is 22.6 Å². The highest BCUT2D eigenvalue weighted by Crippen LogP contribution is 2.22. The van der Waals surface area contributed by atoms with E-state index in [1.54, 1.807) is 11.3 Å². The second-order valence-electron chi connectivity index (χ2n) is 4.04. The molecule has 3 nitrogen and oxygen atoms in total. The second kappa shape index (κ2) is 6.33. The number of carbonyl (C=O) groups is 1. The molecule has 4 heteroatoms. The lowest BCUT2D eigenvalue weighted by atomic mass is 10.1. The summed E-state index contributed by atoms with van der Waals surface area (Å²) in [7, 11) is 0. The molecule has 0 radical (unpaired) electrons. The van der Waals surface area contributed by atoms with Crippen LogP contribution < -0.4 is 5.73 Å². The van der Waals surface area contributed by atoms with Crippen LogP contribution in [0, 0.1) is 0 Å². The average Bonchev–Trinajstić information content (AvgIpc) is 2.86. The summed E-state index contributed by atoms with van der Waals surface area (Å²) in [5.74, 6) is 0. The van der Waals surface area contributed by atoms with E-state index in [9.17, 15) is 4.79 Å². The third-order valence-corrected chi connectivity index (χ3v) is 3.62. The fourth-order valence-corrected chi connectivity index (χ4v) is 2.71. The number of hydrogen-bond donors (Lipinski definition) is 1. The van der Waals surface area contributed by atoms with Crippen molar-refractivity contribution < 1.29 is 9.53 Å². The van der Waals surface area contributed by atoms with Crippen LogP contribution in [-0.4, -0.2) is 13.1 Å². The summed E-state index contributed by atoms with van der Waals surface area (Å²) < 4.78 is 4.68. The minimum atomic E-state index is -0.240. The van der Waals surface area contributed by atoms with Crippen LogP contribution >= 0.6 is 11.3 Å². The van der Waals surface area contributed by atoms with Gasteiger partial charge in [0.15, 0.2) is 0 Å². The van der Waals surface area contributed by atoms with E-state index in [1.807, 2.05) is 23.6 Å². The smallest absolute Gasteiger partial charge is 0.293 e. The molecular weight excluding hydrogens is 246 g/mol. The largest absolute Gasteiger partial charge is 0.466 e. The molecule has 2 aromatic rings. The number of hydrogen-bond acceptors (Lipinski definition) is 4. The summed E-state index contributed by atoms with van der Waals surface area (Å²) in [6.07, 6.45) is 0.909. The minimum Gasteiger partial charge on any atom is -0.466 e. The first-order valence-corrected chi connectivity index (χ1v) is 6.59. The SMILES string of the molecule is NC(COC=O)c1csc(Cc2ccccc2)c1. The second-order valence-corrected chi connectivity index (χ2v) is 5.04. The van der Waals surface area contributed by atoms with E-state index in [0.29, 0.717) is 6.47 Å². The first-order chi connectivity index (χ1) is 8.79. The number of thiophene rings is 1. The maximum Gasteiger partial charge on any atom is 0.293 e. The number of ether oxygens (including phenoxy) is 1. The maximum absolute atomic E-state index is 10.1. The fourth-order valence-electron chi connectivity index (χ4n) is 1.72. The lowest BCUT2D eigenvalue weighted by Gasteiger charge is -2.07. The van der Waals surface area contributed by atoms with Gasteiger partial charge in [0.1, 0.15) is 6.61 Å². The van der Waals surface area contributed by atoms with Crippen molar-refractivity contribution in [3.05, 3.63) is 57.8 Å². The monoisotopic (exact) mass is 261 g/mol. The highest BCUT2D eigenvalue weighted by Gasteiger charge is 2.09. The first kappa shape index (κ1) is 12.8. The molecule has 1 atom stereocenters. The fraction of sp³-hybridized carbons (Fsp3) is 0.214. The van der Waals surface area contributed by atoms with Gasteiger partial charge in [0.05, 0.1) is 6.04 Å². The summed E-state index contributed by atoms with van der Waals surface area (Å²) >= 11 is 1.68. The molecule has 2 N–H and O–H groups in total. The molecule has 18 heavy (non-hydrogen) atoms. The molecule has 0 saturated carbocycles. The van der Waals surface area contributed by atoms with Crippen molar-refractivity contribution in [3.8, 4) is 0 Å². The van der Waals surface area contributed by atoms with Gasteiger partial charge in [-0.15, -0.1) is 11.3 Å². The lowest BCUT2D eigenvalue weighted by Crippen LogP contribution is -2.15. The van der Waals surface area contributed by atoms with E-state index in [4.69, 9.17) is 5.73 Å². The number of carbonyl (C=O) groups excluding carboxylic acids is 1. The molecule has 0 spiro atoms. The quantitative estimate of drug-likeness (QED) is 0.813. The van der Waals surface area contributed by atoms with Crippen LogP contribution in [0.5, 0.6) is 0 Å². The van der Waals surface area contributed by atoms with Gasteiger partial charge in [-0.3, -0.25) is 4.79 Å². The summed E-state index contributed by atoms with van der Waals surface area (Å²) in [5.41, 5.74) is 8.21. The van der Waals surface area contributed by atoms with E-state index >= 15 is 0 Å². The third kappa shape index (κ3) is 3.42. The molecule has 1 aromatic heterocycles. The maximum atomic E-state index is 10.1. The molecule has 0 aliphatic carbocycles. The van der Waals surface area contributed by atoms with Crippen LogP contribution in [0.4, 0.5) is 0 Å². The summed E-state index contributed by atoms with van der Waals surface area (Å²) in [5, 5.41) is 2.02. The molecule has 1 aromatic carbocycles. The number of benzene rings is 1. The molecule has 0 aliphatic rings. The van der Waals surface area contributed by atoms with Gasteiger partial charge in [-0.2, -0.15) is 0 Å². The van der Waals surface area contributed by atoms with Gasteiger partial charge in [0.2, 0.25) is 0 Å². The van der Waals surface area contributed by atoms with Crippen molar-refractivity contribution in [2.75, 3.05) is 6.61 Å². The van der Waals surface area contributed by atoms with Gasteiger partial charge in [0.25, 0.3) is 6.47 Å². The Morgan fingerprint density at radius 1 is 1.33 bits per heavy atom. The Morgan fingerprint density at radius 2 is 2.11 bits per heavy atom. The summed E-state index contributed by atoms with van der Waals surface area (Å²) in [6.45, 7) is 0.655. The highest BCUT2D eigenvalue weighted by atomic mass is 32.1. The minimum absolute atomic E-state index is 0.227. The van der Waals surface area contributed by atoms with Gasteiger partial charge in [-0.1, -0.05) is 30.3 Å². The van der Waals surface area contributed by atoms with Crippen molar-refractivity contribution in [2.24, 2.45) is 5.73 Å². The van der Waals surface area contributed by atoms with Crippen molar-refractivity contribution >= 4 is 17.8 Å². The molecule has 1 unspecified atom stereocenters. The van der Waals surface area contributed by atoms with Crippen molar-refractivity contribution in [1.29, 1.82) is 0 Å². The van der Waals surface area contributed by atoms with Gasteiger partial charge in [-0.25, -0.2) is 0 Å². The Bertz CT molecular complexity index is 496. The summed E-state index contributed by atoms with van der Waals surface area (Å²) in [4.78, 5) is 11.4. The Kier molecular flexibility index (Phi) is 4.50. The van der Waals surface area contributed by atoms with Crippen LogP contribution in [0.1, 0.15) is 22.0 Å². The Morgan fingerprint density at radius 3 is 2.83 bits per heavy atom. The van der Waals surface area contributed by atoms with E-state index in [1.165, 1.54) is 10.4 Å². The Hall–Kier alpha value is -1.65. The molecule has 94 valence electrons. The zero-order valence-electron chi connectivity index (χ0n) is 9.91. The van der Waals surface area contributed by atoms with Crippen molar-refractivity contribution in [1.82, 2.24) is 0 Å². The molecule has 2 rings (SSSR count). The molecule has 1 heterocycles. The highest BCUT2D eigenvalue weighted by molar-refractivity contribution is 7.10. The van der Waals surface area contributed by atoms with Crippen LogP contribution in [0.2, 0.25) is 0 Å². The molecule has 0 amide bonds. The lowest BCUT2D eigenvalue weighted by molar-refractivity contribution is -0.129. The van der Waals surface area contributed by atoms with Crippen LogP contribution in [0.15, 0.2) is 41.8 Å². The third-order valence-electron chi connectivity index (χ3n) is 2.67.